The Hall–Kier alpha value is -0.355. The number of nitrogens with one attached hydrogen (secondary N) is 1. The van der Waals surface area contributed by atoms with Crippen LogP contribution in [-0.2, 0) is 9.31 Å². The molecule has 0 aromatic rings. The first-order chi connectivity index (χ1) is 8.98. The molecule has 0 atom stereocenters. The molecule has 0 radical (unpaired) electrons. The van der Waals surface area contributed by atoms with Crippen molar-refractivity contribution in [3.63, 3.8) is 0 Å². The molecule has 4 nitrogen and oxygen atoms in total. The molecule has 0 saturated carbocycles. The zero-order valence-electron chi connectivity index (χ0n) is 14.0. The summed E-state index contributed by atoms with van der Waals surface area (Å²) >= 11 is 0. The molecular weight excluding hydrogens is 253 g/mol. The second-order valence-corrected chi connectivity index (χ2v) is 7.47. The molecule has 1 saturated heterocycles. The third-order valence-corrected chi connectivity index (χ3v) is 3.95. The van der Waals surface area contributed by atoms with Crippen LogP contribution in [0.4, 0.5) is 0 Å². The van der Waals surface area contributed by atoms with Gasteiger partial charge in [-0.2, -0.15) is 0 Å². The SMILES string of the molecule is CC(C)(C)NC/C=C(\CCO)B1OC(C)(C)C(C)(C)O1. The van der Waals surface area contributed by atoms with Gasteiger partial charge in [-0.15, -0.1) is 0 Å². The Kier molecular flexibility index (Phi) is 5.47. The predicted molar refractivity (Wildman–Crippen MR) is 83.6 cm³/mol. The van der Waals surface area contributed by atoms with Crippen molar-refractivity contribution >= 4 is 7.12 Å². The summed E-state index contributed by atoms with van der Waals surface area (Å²) in [5, 5.41) is 12.7. The maximum Gasteiger partial charge on any atom is 0.490 e. The van der Waals surface area contributed by atoms with E-state index in [1.807, 2.05) is 27.7 Å². The van der Waals surface area contributed by atoms with Crippen molar-refractivity contribution in [1.29, 1.82) is 0 Å². The molecule has 0 spiro atoms. The third-order valence-electron chi connectivity index (χ3n) is 3.95. The molecule has 116 valence electrons. The van der Waals surface area contributed by atoms with Gasteiger partial charge in [0.2, 0.25) is 0 Å². The van der Waals surface area contributed by atoms with Gasteiger partial charge in [0.1, 0.15) is 0 Å². The zero-order chi connectivity index (χ0) is 15.6. The summed E-state index contributed by atoms with van der Waals surface area (Å²) in [5.74, 6) is 0. The van der Waals surface area contributed by atoms with Crippen LogP contribution in [0, 0.1) is 0 Å². The van der Waals surface area contributed by atoms with Gasteiger partial charge in [-0.3, -0.25) is 0 Å². The van der Waals surface area contributed by atoms with E-state index in [1.165, 1.54) is 0 Å². The minimum atomic E-state index is -0.367. The second-order valence-electron chi connectivity index (χ2n) is 7.47. The minimum absolute atomic E-state index is 0.0662. The van der Waals surface area contributed by atoms with E-state index in [0.29, 0.717) is 6.42 Å². The molecule has 5 heteroatoms. The minimum Gasteiger partial charge on any atom is -0.400 e. The number of hydrogen-bond donors (Lipinski definition) is 2. The Morgan fingerprint density at radius 3 is 2.05 bits per heavy atom. The first-order valence-corrected chi connectivity index (χ1v) is 7.39. The number of hydrogen-bond acceptors (Lipinski definition) is 4. The third kappa shape index (κ3) is 4.59. The fourth-order valence-corrected chi connectivity index (χ4v) is 1.93. The quantitative estimate of drug-likeness (QED) is 0.760. The molecule has 0 amide bonds. The maximum absolute atomic E-state index is 9.24. The zero-order valence-corrected chi connectivity index (χ0v) is 14.0. The summed E-state index contributed by atoms with van der Waals surface area (Å²) in [5.41, 5.74) is 0.382. The smallest absolute Gasteiger partial charge is 0.400 e. The van der Waals surface area contributed by atoms with Gasteiger partial charge in [0.05, 0.1) is 11.2 Å². The fraction of sp³-hybridized carbons (Fsp3) is 0.867. The van der Waals surface area contributed by atoms with Gasteiger partial charge >= 0.3 is 7.12 Å². The molecule has 1 aliphatic rings. The number of aliphatic hydroxyl groups is 1. The lowest BCUT2D eigenvalue weighted by Crippen LogP contribution is -2.41. The van der Waals surface area contributed by atoms with Crippen LogP contribution in [-0.4, -0.2) is 42.1 Å². The van der Waals surface area contributed by atoms with E-state index >= 15 is 0 Å². The molecule has 0 unspecified atom stereocenters. The van der Waals surface area contributed by atoms with Crippen molar-refractivity contribution < 1.29 is 14.4 Å². The lowest BCUT2D eigenvalue weighted by atomic mass is 9.76. The van der Waals surface area contributed by atoms with Crippen molar-refractivity contribution in [3.05, 3.63) is 11.5 Å². The maximum atomic E-state index is 9.24. The highest BCUT2D eigenvalue weighted by molar-refractivity contribution is 6.54. The molecule has 2 N–H and O–H groups in total. The Morgan fingerprint density at radius 2 is 1.65 bits per heavy atom. The lowest BCUT2D eigenvalue weighted by molar-refractivity contribution is 0.00578. The van der Waals surface area contributed by atoms with E-state index in [1.54, 1.807) is 0 Å². The lowest BCUT2D eigenvalue weighted by Gasteiger charge is -2.32. The highest BCUT2D eigenvalue weighted by Crippen LogP contribution is 2.38. The largest absolute Gasteiger partial charge is 0.490 e. The van der Waals surface area contributed by atoms with Gasteiger partial charge in [0, 0.05) is 18.7 Å². The van der Waals surface area contributed by atoms with Crippen LogP contribution in [0.5, 0.6) is 0 Å². The predicted octanol–water partition coefficient (Wildman–Crippen LogP) is 2.31. The number of aliphatic hydroxyl groups excluding tert-OH is 1. The van der Waals surface area contributed by atoms with Crippen LogP contribution < -0.4 is 5.32 Å². The Bertz CT molecular complexity index is 343. The molecule has 1 heterocycles. The average Bonchev–Trinajstić information content (AvgIpc) is 2.45. The molecule has 0 aromatic carbocycles. The summed E-state index contributed by atoms with van der Waals surface area (Å²) in [4.78, 5) is 0. The summed E-state index contributed by atoms with van der Waals surface area (Å²) < 4.78 is 12.1. The van der Waals surface area contributed by atoms with Crippen LogP contribution in [0.1, 0.15) is 54.9 Å². The van der Waals surface area contributed by atoms with Crippen LogP contribution in [0.2, 0.25) is 0 Å². The second kappa shape index (κ2) is 6.18. The summed E-state index contributed by atoms with van der Waals surface area (Å²) in [6.07, 6.45) is 2.65. The van der Waals surface area contributed by atoms with Gasteiger partial charge in [0.15, 0.2) is 0 Å². The summed E-state index contributed by atoms with van der Waals surface area (Å²) in [6.45, 7) is 15.4. The number of rotatable bonds is 5. The average molecular weight is 283 g/mol. The van der Waals surface area contributed by atoms with Crippen molar-refractivity contribution in [2.45, 2.75) is 71.6 Å². The van der Waals surface area contributed by atoms with E-state index in [4.69, 9.17) is 9.31 Å². The van der Waals surface area contributed by atoms with Crippen molar-refractivity contribution in [1.82, 2.24) is 5.32 Å². The van der Waals surface area contributed by atoms with Crippen LogP contribution in [0.25, 0.3) is 0 Å². The van der Waals surface area contributed by atoms with Gasteiger partial charge < -0.3 is 19.7 Å². The van der Waals surface area contributed by atoms with Crippen molar-refractivity contribution in [3.8, 4) is 0 Å². The molecule has 0 aromatic heterocycles. The van der Waals surface area contributed by atoms with Crippen molar-refractivity contribution in [2.75, 3.05) is 13.2 Å². The van der Waals surface area contributed by atoms with Gasteiger partial charge in [-0.05, 0) is 60.4 Å². The first kappa shape index (κ1) is 17.7. The van der Waals surface area contributed by atoms with E-state index in [9.17, 15) is 5.11 Å². The van der Waals surface area contributed by atoms with Gasteiger partial charge in [0.25, 0.3) is 0 Å². The Morgan fingerprint density at radius 1 is 1.15 bits per heavy atom. The highest BCUT2D eigenvalue weighted by atomic mass is 16.7. The van der Waals surface area contributed by atoms with E-state index in [-0.39, 0.29) is 30.5 Å². The Labute approximate surface area is 124 Å². The summed E-state index contributed by atoms with van der Waals surface area (Å²) in [7, 11) is -0.367. The molecule has 1 rings (SSSR count). The Balaban J connectivity index is 2.75. The molecule has 0 aliphatic carbocycles. The van der Waals surface area contributed by atoms with Crippen LogP contribution in [0.3, 0.4) is 0 Å². The molecule has 0 bridgehead atoms. The van der Waals surface area contributed by atoms with Gasteiger partial charge in [-0.25, -0.2) is 0 Å². The highest BCUT2D eigenvalue weighted by Gasteiger charge is 2.52. The standard InChI is InChI=1S/C15H30BNO3/c1-13(2,3)17-10-8-12(9-11-18)16-19-14(4,5)15(6,7)20-16/h8,17-18H,9-11H2,1-7H3/b12-8+. The molecule has 1 aliphatic heterocycles. The van der Waals surface area contributed by atoms with E-state index in [2.05, 4.69) is 32.2 Å². The normalized spacial score (nSPS) is 22.4. The summed E-state index contributed by atoms with van der Waals surface area (Å²) in [6, 6.07) is 0. The van der Waals surface area contributed by atoms with Crippen LogP contribution in [0.15, 0.2) is 11.5 Å². The van der Waals surface area contributed by atoms with Crippen molar-refractivity contribution in [2.24, 2.45) is 0 Å². The van der Waals surface area contributed by atoms with E-state index in [0.717, 1.165) is 12.0 Å². The first-order valence-electron chi connectivity index (χ1n) is 7.39. The van der Waals surface area contributed by atoms with Gasteiger partial charge in [-0.1, -0.05) is 6.08 Å². The monoisotopic (exact) mass is 283 g/mol. The molecular formula is C15H30BNO3. The van der Waals surface area contributed by atoms with Crippen LogP contribution >= 0.6 is 0 Å². The topological polar surface area (TPSA) is 50.7 Å². The fourth-order valence-electron chi connectivity index (χ4n) is 1.93. The van der Waals surface area contributed by atoms with E-state index < -0.39 is 0 Å². The molecule has 1 fully saturated rings. The molecule has 20 heavy (non-hydrogen) atoms.